The van der Waals surface area contributed by atoms with Gasteiger partial charge in [0.05, 0.1) is 16.8 Å². The monoisotopic (exact) mass is 500 g/mol. The van der Waals surface area contributed by atoms with Gasteiger partial charge in [-0.2, -0.15) is 0 Å². The van der Waals surface area contributed by atoms with Gasteiger partial charge >= 0.3 is 5.97 Å². The average molecular weight is 501 g/mol. The number of hydrogen-bond acceptors (Lipinski definition) is 7. The van der Waals surface area contributed by atoms with Gasteiger partial charge in [0, 0.05) is 48.1 Å². The molecular formula is C28H28N4O3S. The molecule has 3 heterocycles. The zero-order chi connectivity index (χ0) is 25.1. The fourth-order valence-corrected chi connectivity index (χ4v) is 5.25. The first kappa shape index (κ1) is 24.1. The SMILES string of the molecule is CCC(OC(=O)c1c2c(nc3ccccc13)CCN(Cc1ccccc1)C2)C(=O)Nc1nc(C)cs1. The summed E-state index contributed by atoms with van der Waals surface area (Å²) >= 11 is 1.35. The van der Waals surface area contributed by atoms with Crippen LogP contribution in [0.1, 0.15) is 46.2 Å². The zero-order valence-electron chi connectivity index (χ0n) is 20.4. The van der Waals surface area contributed by atoms with Crippen LogP contribution in [0.25, 0.3) is 10.9 Å². The maximum Gasteiger partial charge on any atom is 0.340 e. The summed E-state index contributed by atoms with van der Waals surface area (Å²) in [5.41, 5.74) is 5.11. The molecule has 1 amide bonds. The van der Waals surface area contributed by atoms with E-state index in [1.165, 1.54) is 16.9 Å². The summed E-state index contributed by atoms with van der Waals surface area (Å²) in [4.78, 5) is 38.0. The summed E-state index contributed by atoms with van der Waals surface area (Å²) in [7, 11) is 0. The Labute approximate surface area is 214 Å². The fraction of sp³-hybridized carbons (Fsp3) is 0.286. The minimum Gasteiger partial charge on any atom is -0.449 e. The Morgan fingerprint density at radius 1 is 1.11 bits per heavy atom. The van der Waals surface area contributed by atoms with Crippen molar-refractivity contribution in [2.75, 3.05) is 11.9 Å². The van der Waals surface area contributed by atoms with Crippen LogP contribution in [0.15, 0.2) is 60.0 Å². The molecule has 0 fully saturated rings. The van der Waals surface area contributed by atoms with E-state index >= 15 is 0 Å². The van der Waals surface area contributed by atoms with Crippen LogP contribution in [-0.2, 0) is 29.0 Å². The van der Waals surface area contributed by atoms with Gasteiger partial charge in [-0.25, -0.2) is 9.78 Å². The van der Waals surface area contributed by atoms with E-state index in [4.69, 9.17) is 9.72 Å². The van der Waals surface area contributed by atoms with Crippen molar-refractivity contribution in [2.45, 2.75) is 45.9 Å². The molecule has 0 bridgehead atoms. The van der Waals surface area contributed by atoms with Crippen molar-refractivity contribution in [1.82, 2.24) is 14.9 Å². The third kappa shape index (κ3) is 5.15. The molecule has 0 spiro atoms. The number of nitrogens with one attached hydrogen (secondary N) is 1. The standard InChI is InChI=1S/C28H28N4O3S/c1-3-24(26(33)31-28-29-18(2)17-36-28)35-27(34)25-20-11-7-8-12-22(20)30-23-13-14-32(16-21(23)25)15-19-9-5-4-6-10-19/h4-12,17,24H,3,13-16H2,1-2H3,(H,29,31,33). The summed E-state index contributed by atoms with van der Waals surface area (Å²) in [5.74, 6) is -0.873. The highest BCUT2D eigenvalue weighted by molar-refractivity contribution is 7.13. The molecule has 1 unspecified atom stereocenters. The molecular weight excluding hydrogens is 472 g/mol. The highest BCUT2D eigenvalue weighted by Gasteiger charge is 2.30. The molecule has 0 aliphatic carbocycles. The summed E-state index contributed by atoms with van der Waals surface area (Å²) in [6.45, 7) is 5.92. The Kier molecular flexibility index (Phi) is 7.06. The molecule has 36 heavy (non-hydrogen) atoms. The molecule has 0 radical (unpaired) electrons. The first-order valence-corrected chi connectivity index (χ1v) is 13.0. The quantitative estimate of drug-likeness (QED) is 0.354. The second kappa shape index (κ2) is 10.6. The van der Waals surface area contributed by atoms with E-state index in [2.05, 4.69) is 27.3 Å². The predicted molar refractivity (Wildman–Crippen MR) is 141 cm³/mol. The molecule has 1 aliphatic rings. The number of nitrogens with zero attached hydrogens (tertiary/aromatic N) is 3. The van der Waals surface area contributed by atoms with Gasteiger partial charge in [0.2, 0.25) is 0 Å². The van der Waals surface area contributed by atoms with Gasteiger partial charge in [-0.3, -0.25) is 20.0 Å². The number of aromatic nitrogens is 2. The third-order valence-electron chi connectivity index (χ3n) is 6.34. The number of aryl methyl sites for hydroxylation is 1. The van der Waals surface area contributed by atoms with E-state index in [1.54, 1.807) is 0 Å². The second-order valence-electron chi connectivity index (χ2n) is 8.96. The van der Waals surface area contributed by atoms with Gasteiger partial charge in [-0.05, 0) is 25.0 Å². The molecule has 2 aromatic heterocycles. The number of fused-ring (bicyclic) bond motifs is 2. The number of pyridine rings is 1. The maximum absolute atomic E-state index is 13.7. The lowest BCUT2D eigenvalue weighted by atomic mass is 9.95. The van der Waals surface area contributed by atoms with Gasteiger partial charge in [-0.1, -0.05) is 55.5 Å². The van der Waals surface area contributed by atoms with Crippen molar-refractivity contribution in [3.63, 3.8) is 0 Å². The Hall–Kier alpha value is -3.62. The van der Waals surface area contributed by atoms with E-state index in [0.717, 1.165) is 47.4 Å². The first-order valence-electron chi connectivity index (χ1n) is 12.1. The number of carbonyl (C=O) groups is 2. The number of amides is 1. The Bertz CT molecular complexity index is 1400. The number of benzene rings is 2. The molecule has 1 atom stereocenters. The molecule has 1 N–H and O–H groups in total. The Morgan fingerprint density at radius 3 is 2.64 bits per heavy atom. The second-order valence-corrected chi connectivity index (χ2v) is 9.82. The number of rotatable bonds is 7. The van der Waals surface area contributed by atoms with Crippen LogP contribution in [0, 0.1) is 6.92 Å². The van der Waals surface area contributed by atoms with E-state index in [1.807, 2.05) is 61.7 Å². The van der Waals surface area contributed by atoms with Crippen LogP contribution >= 0.6 is 11.3 Å². The van der Waals surface area contributed by atoms with Crippen molar-refractivity contribution in [1.29, 1.82) is 0 Å². The summed E-state index contributed by atoms with van der Waals surface area (Å²) in [6, 6.07) is 17.9. The summed E-state index contributed by atoms with van der Waals surface area (Å²) in [5, 5.41) is 5.88. The molecule has 8 heteroatoms. The van der Waals surface area contributed by atoms with Gasteiger partial charge < -0.3 is 4.74 Å². The zero-order valence-corrected chi connectivity index (χ0v) is 21.2. The Balaban J connectivity index is 1.43. The number of para-hydroxylation sites is 1. The number of anilines is 1. The van der Waals surface area contributed by atoms with Gasteiger partial charge in [0.15, 0.2) is 11.2 Å². The van der Waals surface area contributed by atoms with Crippen molar-refractivity contribution >= 4 is 39.2 Å². The fourth-order valence-electron chi connectivity index (χ4n) is 4.56. The van der Waals surface area contributed by atoms with E-state index in [0.29, 0.717) is 23.7 Å². The van der Waals surface area contributed by atoms with Crippen LogP contribution in [0.2, 0.25) is 0 Å². The van der Waals surface area contributed by atoms with Crippen LogP contribution < -0.4 is 5.32 Å². The van der Waals surface area contributed by atoms with Crippen molar-refractivity contribution in [3.05, 3.63) is 88.1 Å². The molecule has 7 nitrogen and oxygen atoms in total. The van der Waals surface area contributed by atoms with E-state index < -0.39 is 12.1 Å². The van der Waals surface area contributed by atoms with Crippen LogP contribution in [0.3, 0.4) is 0 Å². The lowest BCUT2D eigenvalue weighted by Gasteiger charge is -2.30. The van der Waals surface area contributed by atoms with E-state index in [-0.39, 0.29) is 5.91 Å². The molecule has 1 aliphatic heterocycles. The smallest absolute Gasteiger partial charge is 0.340 e. The van der Waals surface area contributed by atoms with E-state index in [9.17, 15) is 9.59 Å². The lowest BCUT2D eigenvalue weighted by Crippen LogP contribution is -2.34. The maximum atomic E-state index is 13.7. The molecule has 5 rings (SSSR count). The van der Waals surface area contributed by atoms with Gasteiger partial charge in [0.1, 0.15) is 0 Å². The van der Waals surface area contributed by atoms with Crippen molar-refractivity contribution < 1.29 is 14.3 Å². The van der Waals surface area contributed by atoms with Crippen LogP contribution in [0.4, 0.5) is 5.13 Å². The normalized spacial score (nSPS) is 14.3. The number of thiazole rings is 1. The number of ether oxygens (including phenoxy) is 1. The topological polar surface area (TPSA) is 84.4 Å². The van der Waals surface area contributed by atoms with Gasteiger partial charge in [-0.15, -0.1) is 11.3 Å². The third-order valence-corrected chi connectivity index (χ3v) is 7.22. The summed E-state index contributed by atoms with van der Waals surface area (Å²) in [6.07, 6.45) is 0.176. The molecule has 0 saturated carbocycles. The minimum atomic E-state index is -0.923. The molecule has 2 aromatic carbocycles. The van der Waals surface area contributed by atoms with Crippen LogP contribution in [0.5, 0.6) is 0 Å². The minimum absolute atomic E-state index is 0.354. The van der Waals surface area contributed by atoms with Crippen LogP contribution in [-0.4, -0.2) is 39.4 Å². The van der Waals surface area contributed by atoms with Crippen molar-refractivity contribution in [3.8, 4) is 0 Å². The Morgan fingerprint density at radius 2 is 1.89 bits per heavy atom. The predicted octanol–water partition coefficient (Wildman–Crippen LogP) is 5.13. The number of carbonyl (C=O) groups excluding carboxylic acids is 2. The summed E-state index contributed by atoms with van der Waals surface area (Å²) < 4.78 is 5.83. The first-order chi connectivity index (χ1) is 17.5. The lowest BCUT2D eigenvalue weighted by molar-refractivity contribution is -0.124. The molecule has 4 aromatic rings. The highest BCUT2D eigenvalue weighted by Crippen LogP contribution is 2.30. The van der Waals surface area contributed by atoms with Crippen molar-refractivity contribution in [2.24, 2.45) is 0 Å². The molecule has 184 valence electrons. The molecule has 0 saturated heterocycles. The highest BCUT2D eigenvalue weighted by atomic mass is 32.1. The largest absolute Gasteiger partial charge is 0.449 e. The number of hydrogen-bond donors (Lipinski definition) is 1. The van der Waals surface area contributed by atoms with Gasteiger partial charge in [0.25, 0.3) is 5.91 Å². The average Bonchev–Trinajstić information content (AvgIpc) is 3.30. The number of esters is 1.